The molecule has 45 heavy (non-hydrogen) atoms. The third-order valence-electron chi connectivity index (χ3n) is 6.93. The SMILES string of the molecule is CCOC(=O)ON1CCN(C(=O)C(CCC(=O)OC(C)(C)C)NC(=O)c2cc(CC[C@@H](O)CC)nc(-c3ccccc3)n2)CC1. The van der Waals surface area contributed by atoms with Crippen LogP contribution in [-0.2, 0) is 30.3 Å². The molecule has 1 aliphatic heterocycles. The number of hydrogen-bond donors (Lipinski definition) is 2. The van der Waals surface area contributed by atoms with Crippen LogP contribution in [0.3, 0.4) is 0 Å². The zero-order valence-electron chi connectivity index (χ0n) is 26.8. The van der Waals surface area contributed by atoms with Gasteiger partial charge in [-0.25, -0.2) is 14.8 Å². The van der Waals surface area contributed by atoms with Crippen LogP contribution in [0.5, 0.6) is 0 Å². The molecule has 13 nitrogen and oxygen atoms in total. The third-order valence-corrected chi connectivity index (χ3v) is 6.93. The third kappa shape index (κ3) is 11.7. The normalized spacial score (nSPS) is 15.1. The Kier molecular flexibility index (Phi) is 13.2. The van der Waals surface area contributed by atoms with Gasteiger partial charge in [-0.15, -0.1) is 5.06 Å². The summed E-state index contributed by atoms with van der Waals surface area (Å²) in [5.74, 6) is -1.13. The number of benzene rings is 1. The number of nitrogens with zero attached hydrogens (tertiary/aromatic N) is 4. The van der Waals surface area contributed by atoms with E-state index in [2.05, 4.69) is 15.3 Å². The molecule has 246 valence electrons. The van der Waals surface area contributed by atoms with E-state index in [0.717, 1.165) is 0 Å². The highest BCUT2D eigenvalue weighted by Gasteiger charge is 2.31. The monoisotopic (exact) mass is 627 g/mol. The maximum atomic E-state index is 13.7. The van der Waals surface area contributed by atoms with E-state index < -0.39 is 35.8 Å². The molecule has 1 aliphatic rings. The molecule has 0 aliphatic carbocycles. The zero-order valence-corrected chi connectivity index (χ0v) is 26.8. The van der Waals surface area contributed by atoms with Crippen molar-refractivity contribution in [1.29, 1.82) is 0 Å². The molecular formula is C32H45N5O8. The summed E-state index contributed by atoms with van der Waals surface area (Å²) in [5, 5.41) is 14.3. The molecule has 2 heterocycles. The van der Waals surface area contributed by atoms with Crippen LogP contribution < -0.4 is 5.32 Å². The smallest absolute Gasteiger partial charge is 0.460 e. The van der Waals surface area contributed by atoms with Gasteiger partial charge in [0.1, 0.15) is 17.3 Å². The first-order valence-electron chi connectivity index (χ1n) is 15.4. The molecule has 13 heteroatoms. The molecule has 3 rings (SSSR count). The van der Waals surface area contributed by atoms with Crippen LogP contribution in [0, 0.1) is 0 Å². The minimum atomic E-state index is -1.05. The Morgan fingerprint density at radius 1 is 1.00 bits per heavy atom. The summed E-state index contributed by atoms with van der Waals surface area (Å²) < 4.78 is 10.2. The maximum absolute atomic E-state index is 13.7. The maximum Gasteiger partial charge on any atom is 0.527 e. The summed E-state index contributed by atoms with van der Waals surface area (Å²) in [4.78, 5) is 67.4. The van der Waals surface area contributed by atoms with Crippen LogP contribution in [-0.4, -0.2) is 99.5 Å². The molecule has 2 amide bonds. The molecule has 1 saturated heterocycles. The summed E-state index contributed by atoms with van der Waals surface area (Å²) in [7, 11) is 0. The number of carbonyl (C=O) groups is 4. The van der Waals surface area contributed by atoms with Crippen molar-refractivity contribution in [2.45, 2.75) is 84.5 Å². The molecule has 0 spiro atoms. The number of rotatable bonds is 13. The topological polar surface area (TPSA) is 160 Å². The highest BCUT2D eigenvalue weighted by Crippen LogP contribution is 2.18. The van der Waals surface area contributed by atoms with E-state index in [1.165, 1.54) is 5.06 Å². The van der Waals surface area contributed by atoms with Crippen molar-refractivity contribution >= 4 is 23.9 Å². The minimum Gasteiger partial charge on any atom is -0.460 e. The Bertz CT molecular complexity index is 1290. The van der Waals surface area contributed by atoms with Gasteiger partial charge in [0.15, 0.2) is 5.82 Å². The first-order chi connectivity index (χ1) is 21.4. The summed E-state index contributed by atoms with van der Waals surface area (Å²) in [6.45, 7) is 9.95. The van der Waals surface area contributed by atoms with Gasteiger partial charge in [0.25, 0.3) is 5.91 Å². The van der Waals surface area contributed by atoms with Crippen molar-refractivity contribution in [2.75, 3.05) is 32.8 Å². The van der Waals surface area contributed by atoms with Gasteiger partial charge in [0.2, 0.25) is 5.91 Å². The van der Waals surface area contributed by atoms with Crippen molar-refractivity contribution in [1.82, 2.24) is 25.2 Å². The van der Waals surface area contributed by atoms with Crippen LogP contribution in [0.4, 0.5) is 4.79 Å². The number of piperazine rings is 1. The van der Waals surface area contributed by atoms with Gasteiger partial charge in [0, 0.05) is 30.8 Å². The molecule has 2 N–H and O–H groups in total. The minimum absolute atomic E-state index is 0.00516. The summed E-state index contributed by atoms with van der Waals surface area (Å²) in [5.41, 5.74) is 0.652. The van der Waals surface area contributed by atoms with Crippen molar-refractivity contribution in [3.05, 3.63) is 47.8 Å². The Labute approximate surface area is 264 Å². The van der Waals surface area contributed by atoms with Crippen molar-refractivity contribution < 1.29 is 38.6 Å². The summed E-state index contributed by atoms with van der Waals surface area (Å²) >= 11 is 0. The second-order valence-corrected chi connectivity index (χ2v) is 11.7. The first kappa shape index (κ1) is 35.4. The molecule has 2 aromatic rings. The Balaban J connectivity index is 1.81. The summed E-state index contributed by atoms with van der Waals surface area (Å²) in [6, 6.07) is 9.72. The average Bonchev–Trinajstić information content (AvgIpc) is 3.01. The van der Waals surface area contributed by atoms with Gasteiger partial charge in [0.05, 0.1) is 25.8 Å². The number of hydroxylamine groups is 2. The number of aryl methyl sites for hydroxylation is 1. The lowest BCUT2D eigenvalue weighted by Crippen LogP contribution is -2.55. The van der Waals surface area contributed by atoms with Crippen molar-refractivity contribution in [3.8, 4) is 11.4 Å². The van der Waals surface area contributed by atoms with Crippen molar-refractivity contribution in [3.63, 3.8) is 0 Å². The number of hydrogen-bond acceptors (Lipinski definition) is 11. The van der Waals surface area contributed by atoms with E-state index in [9.17, 15) is 24.3 Å². The van der Waals surface area contributed by atoms with Gasteiger partial charge in [-0.1, -0.05) is 37.3 Å². The number of esters is 1. The predicted molar refractivity (Wildman–Crippen MR) is 165 cm³/mol. The fourth-order valence-corrected chi connectivity index (χ4v) is 4.59. The lowest BCUT2D eigenvalue weighted by Gasteiger charge is -2.35. The van der Waals surface area contributed by atoms with E-state index >= 15 is 0 Å². The van der Waals surface area contributed by atoms with E-state index in [1.54, 1.807) is 38.7 Å². The quantitative estimate of drug-likeness (QED) is 0.314. The van der Waals surface area contributed by atoms with E-state index in [1.807, 2.05) is 37.3 Å². The second-order valence-electron chi connectivity index (χ2n) is 11.7. The fraction of sp³-hybridized carbons (Fsp3) is 0.562. The number of aliphatic hydroxyl groups is 1. The van der Waals surface area contributed by atoms with Crippen LogP contribution in [0.1, 0.15) is 76.5 Å². The van der Waals surface area contributed by atoms with Crippen LogP contribution in [0.25, 0.3) is 11.4 Å². The average molecular weight is 628 g/mol. The highest BCUT2D eigenvalue weighted by atomic mass is 16.8. The van der Waals surface area contributed by atoms with Gasteiger partial charge in [-0.3, -0.25) is 14.4 Å². The lowest BCUT2D eigenvalue weighted by molar-refractivity contribution is -0.158. The van der Waals surface area contributed by atoms with E-state index in [-0.39, 0.29) is 57.2 Å². The zero-order chi connectivity index (χ0) is 33.0. The van der Waals surface area contributed by atoms with Gasteiger partial charge in [-0.2, -0.15) is 0 Å². The summed E-state index contributed by atoms with van der Waals surface area (Å²) in [6.07, 6.45) is 0.0694. The van der Waals surface area contributed by atoms with E-state index in [4.69, 9.17) is 14.3 Å². The molecule has 1 aromatic heterocycles. The van der Waals surface area contributed by atoms with Gasteiger partial charge < -0.3 is 29.6 Å². The number of aliphatic hydroxyl groups excluding tert-OH is 1. The number of aromatic nitrogens is 2. The van der Waals surface area contributed by atoms with E-state index in [0.29, 0.717) is 36.3 Å². The number of carbonyl (C=O) groups excluding carboxylic acids is 4. The second kappa shape index (κ2) is 16.8. The molecular weight excluding hydrogens is 582 g/mol. The lowest BCUT2D eigenvalue weighted by atomic mass is 10.1. The molecule has 0 radical (unpaired) electrons. The van der Waals surface area contributed by atoms with Crippen LogP contribution >= 0.6 is 0 Å². The largest absolute Gasteiger partial charge is 0.527 e. The standard InChI is InChI=1S/C32H45N5O8/c1-6-24(38)14-13-23-21-26(34-28(33-23)22-11-9-8-10-12-22)29(40)35-25(15-16-27(39)44-32(3,4)5)30(41)36-17-19-37(20-18-36)45-31(42)43-7-2/h8-12,21,24-25,38H,6-7,13-20H2,1-5H3,(H,35,40)/t24-,25?/m0/s1. The van der Waals surface area contributed by atoms with Gasteiger partial charge in [-0.05, 0) is 59.4 Å². The highest BCUT2D eigenvalue weighted by molar-refractivity contribution is 5.96. The number of amides is 2. The molecule has 1 fully saturated rings. The molecule has 0 saturated carbocycles. The predicted octanol–water partition coefficient (Wildman–Crippen LogP) is 3.30. The Morgan fingerprint density at radius 2 is 1.69 bits per heavy atom. The molecule has 2 atom stereocenters. The van der Waals surface area contributed by atoms with Crippen LogP contribution in [0.2, 0.25) is 0 Å². The fourth-order valence-electron chi connectivity index (χ4n) is 4.59. The number of ether oxygens (including phenoxy) is 2. The first-order valence-corrected chi connectivity index (χ1v) is 15.4. The van der Waals surface area contributed by atoms with Gasteiger partial charge >= 0.3 is 12.1 Å². The molecule has 0 bridgehead atoms. The molecule has 1 aromatic carbocycles. The Hall–Kier alpha value is -4.10. The van der Waals surface area contributed by atoms with Crippen LogP contribution in [0.15, 0.2) is 36.4 Å². The molecule has 1 unspecified atom stereocenters. The Morgan fingerprint density at radius 3 is 2.31 bits per heavy atom. The van der Waals surface area contributed by atoms with Crippen molar-refractivity contribution in [2.24, 2.45) is 0 Å². The number of nitrogens with one attached hydrogen (secondary N) is 1.